The summed E-state index contributed by atoms with van der Waals surface area (Å²) >= 11 is 0. The molecule has 0 bridgehead atoms. The minimum atomic E-state index is -0.0350. The lowest BCUT2D eigenvalue weighted by atomic mass is 10.1. The van der Waals surface area contributed by atoms with Gasteiger partial charge in [0.2, 0.25) is 0 Å². The second kappa shape index (κ2) is 5.07. The Hall–Kier alpha value is -3.02. The molecule has 4 heterocycles. The molecule has 0 fully saturated rings. The Morgan fingerprint density at radius 1 is 1.09 bits per heavy atom. The Labute approximate surface area is 126 Å². The lowest BCUT2D eigenvalue weighted by Crippen LogP contribution is -2.31. The van der Waals surface area contributed by atoms with Crippen LogP contribution in [-0.4, -0.2) is 32.4 Å². The number of carbonyl (C=O) groups is 1. The van der Waals surface area contributed by atoms with Crippen LogP contribution >= 0.6 is 0 Å². The lowest BCUT2D eigenvalue weighted by molar-refractivity contribution is 0.0946. The molecule has 22 heavy (non-hydrogen) atoms. The van der Waals surface area contributed by atoms with Crippen molar-refractivity contribution in [1.82, 2.24) is 25.3 Å². The third-order valence-corrected chi connectivity index (χ3v) is 3.67. The van der Waals surface area contributed by atoms with E-state index in [0.717, 1.165) is 29.1 Å². The van der Waals surface area contributed by atoms with Gasteiger partial charge < -0.3 is 10.3 Å². The number of nitrogens with one attached hydrogen (secondary N) is 2. The van der Waals surface area contributed by atoms with Gasteiger partial charge in [-0.05, 0) is 24.3 Å². The number of aromatic nitrogens is 4. The van der Waals surface area contributed by atoms with Gasteiger partial charge in [-0.2, -0.15) is 0 Å². The lowest BCUT2D eigenvalue weighted by Gasteiger charge is -2.10. The molecule has 1 amide bonds. The molecule has 6 nitrogen and oxygen atoms in total. The largest absolute Gasteiger partial charge is 0.356 e. The van der Waals surface area contributed by atoms with Crippen LogP contribution < -0.4 is 5.32 Å². The van der Waals surface area contributed by atoms with Crippen LogP contribution in [0.25, 0.3) is 22.8 Å². The van der Waals surface area contributed by atoms with E-state index in [1.807, 2.05) is 24.3 Å². The molecule has 0 atom stereocenters. The number of amides is 1. The number of hydrogen-bond donors (Lipinski definition) is 2. The highest BCUT2D eigenvalue weighted by atomic mass is 16.1. The Kier molecular flexibility index (Phi) is 2.93. The van der Waals surface area contributed by atoms with E-state index < -0.39 is 0 Å². The number of H-pyrrole nitrogens is 1. The Morgan fingerprint density at radius 2 is 1.95 bits per heavy atom. The molecule has 0 aliphatic carbocycles. The van der Waals surface area contributed by atoms with Crippen LogP contribution in [-0.2, 0) is 6.42 Å². The van der Waals surface area contributed by atoms with Crippen molar-refractivity contribution in [2.45, 2.75) is 6.42 Å². The van der Waals surface area contributed by atoms with Gasteiger partial charge in [0.1, 0.15) is 0 Å². The van der Waals surface area contributed by atoms with Gasteiger partial charge >= 0.3 is 0 Å². The SMILES string of the molecule is O=C1NCCc2[nH]c(-c3ccnc(-c4ccncc4)n3)cc21. The molecule has 3 aromatic rings. The predicted octanol–water partition coefficient (Wildman–Crippen LogP) is 1.82. The molecule has 6 heteroatoms. The smallest absolute Gasteiger partial charge is 0.253 e. The summed E-state index contributed by atoms with van der Waals surface area (Å²) in [6, 6.07) is 7.42. The first-order valence-corrected chi connectivity index (χ1v) is 7.05. The van der Waals surface area contributed by atoms with Crippen molar-refractivity contribution in [3.63, 3.8) is 0 Å². The van der Waals surface area contributed by atoms with Crippen molar-refractivity contribution in [3.05, 3.63) is 54.1 Å². The Bertz CT molecular complexity index is 841. The van der Waals surface area contributed by atoms with Gasteiger partial charge in [0.25, 0.3) is 5.91 Å². The maximum atomic E-state index is 11.8. The van der Waals surface area contributed by atoms with Crippen LogP contribution in [0, 0.1) is 0 Å². The van der Waals surface area contributed by atoms with Gasteiger partial charge in [0.15, 0.2) is 5.82 Å². The Balaban J connectivity index is 1.76. The van der Waals surface area contributed by atoms with E-state index >= 15 is 0 Å². The van der Waals surface area contributed by atoms with Crippen LogP contribution in [0.1, 0.15) is 16.1 Å². The quantitative estimate of drug-likeness (QED) is 0.754. The molecule has 0 aromatic carbocycles. The molecular weight excluding hydrogens is 278 g/mol. The van der Waals surface area contributed by atoms with Crippen LogP contribution in [0.5, 0.6) is 0 Å². The summed E-state index contributed by atoms with van der Waals surface area (Å²) in [4.78, 5) is 28.0. The molecule has 0 spiro atoms. The van der Waals surface area contributed by atoms with E-state index in [9.17, 15) is 4.79 Å². The molecule has 0 saturated heterocycles. The van der Waals surface area contributed by atoms with Gasteiger partial charge in [-0.25, -0.2) is 9.97 Å². The van der Waals surface area contributed by atoms with E-state index in [0.29, 0.717) is 17.9 Å². The molecular formula is C16H13N5O. The number of nitrogens with zero attached hydrogens (tertiary/aromatic N) is 3. The maximum absolute atomic E-state index is 11.8. The monoisotopic (exact) mass is 291 g/mol. The standard InChI is InChI=1S/C16H13N5O/c22-16-11-9-14(20-12(11)3-8-19-16)13-4-7-18-15(21-13)10-1-5-17-6-2-10/h1-2,4-7,9,20H,3,8H2,(H,19,22). The molecule has 0 saturated carbocycles. The predicted molar refractivity (Wildman–Crippen MR) is 81.1 cm³/mol. The second-order valence-corrected chi connectivity index (χ2v) is 5.08. The molecule has 2 N–H and O–H groups in total. The summed E-state index contributed by atoms with van der Waals surface area (Å²) < 4.78 is 0. The highest BCUT2D eigenvalue weighted by Crippen LogP contribution is 2.24. The second-order valence-electron chi connectivity index (χ2n) is 5.08. The molecule has 3 aromatic heterocycles. The van der Waals surface area contributed by atoms with E-state index in [4.69, 9.17) is 0 Å². The average molecular weight is 291 g/mol. The summed E-state index contributed by atoms with van der Waals surface area (Å²) in [7, 11) is 0. The highest BCUT2D eigenvalue weighted by molar-refractivity contribution is 5.97. The third kappa shape index (κ3) is 2.14. The van der Waals surface area contributed by atoms with Crippen molar-refractivity contribution in [1.29, 1.82) is 0 Å². The molecule has 0 unspecified atom stereocenters. The normalized spacial score (nSPS) is 13.5. The van der Waals surface area contributed by atoms with Crippen LogP contribution in [0.15, 0.2) is 42.9 Å². The maximum Gasteiger partial charge on any atom is 0.253 e. The summed E-state index contributed by atoms with van der Waals surface area (Å²) in [5.41, 5.74) is 4.17. The third-order valence-electron chi connectivity index (χ3n) is 3.67. The topological polar surface area (TPSA) is 83.6 Å². The van der Waals surface area contributed by atoms with E-state index in [-0.39, 0.29) is 5.91 Å². The van der Waals surface area contributed by atoms with Crippen molar-refractivity contribution in [2.24, 2.45) is 0 Å². The van der Waals surface area contributed by atoms with Crippen molar-refractivity contribution in [2.75, 3.05) is 6.54 Å². The van der Waals surface area contributed by atoms with Crippen molar-refractivity contribution < 1.29 is 4.79 Å². The zero-order valence-corrected chi connectivity index (χ0v) is 11.7. The van der Waals surface area contributed by atoms with Gasteiger partial charge in [0, 0.05) is 42.8 Å². The van der Waals surface area contributed by atoms with Gasteiger partial charge in [-0.1, -0.05) is 0 Å². The number of hydrogen-bond acceptors (Lipinski definition) is 4. The number of pyridine rings is 1. The minimum absolute atomic E-state index is 0.0350. The summed E-state index contributed by atoms with van der Waals surface area (Å²) in [6.45, 7) is 0.665. The molecule has 0 radical (unpaired) electrons. The number of fused-ring (bicyclic) bond motifs is 1. The number of rotatable bonds is 2. The first-order chi connectivity index (χ1) is 10.8. The molecule has 1 aliphatic heterocycles. The van der Waals surface area contributed by atoms with Crippen LogP contribution in [0.2, 0.25) is 0 Å². The first-order valence-electron chi connectivity index (χ1n) is 7.05. The fourth-order valence-corrected chi connectivity index (χ4v) is 2.58. The zero-order chi connectivity index (χ0) is 14.9. The van der Waals surface area contributed by atoms with Gasteiger partial charge in [-0.3, -0.25) is 9.78 Å². The van der Waals surface area contributed by atoms with Gasteiger partial charge in [-0.15, -0.1) is 0 Å². The average Bonchev–Trinajstić information content (AvgIpc) is 3.02. The summed E-state index contributed by atoms with van der Waals surface area (Å²) in [5, 5.41) is 2.84. The zero-order valence-electron chi connectivity index (χ0n) is 11.7. The van der Waals surface area contributed by atoms with Crippen LogP contribution in [0.3, 0.4) is 0 Å². The van der Waals surface area contributed by atoms with E-state index in [1.165, 1.54) is 0 Å². The number of aromatic amines is 1. The summed E-state index contributed by atoms with van der Waals surface area (Å²) in [5.74, 6) is 0.601. The first kappa shape index (κ1) is 12.7. The van der Waals surface area contributed by atoms with E-state index in [1.54, 1.807) is 18.6 Å². The Morgan fingerprint density at radius 3 is 2.77 bits per heavy atom. The van der Waals surface area contributed by atoms with E-state index in [2.05, 4.69) is 25.3 Å². The minimum Gasteiger partial charge on any atom is -0.356 e. The van der Waals surface area contributed by atoms with Gasteiger partial charge in [0.05, 0.1) is 17.0 Å². The fraction of sp³-hybridized carbons (Fsp3) is 0.125. The highest BCUT2D eigenvalue weighted by Gasteiger charge is 2.20. The van der Waals surface area contributed by atoms with Crippen molar-refractivity contribution in [3.8, 4) is 22.8 Å². The molecule has 4 rings (SSSR count). The number of carbonyl (C=O) groups excluding carboxylic acids is 1. The molecule has 108 valence electrons. The molecule has 1 aliphatic rings. The summed E-state index contributed by atoms with van der Waals surface area (Å²) in [6.07, 6.45) is 5.95. The van der Waals surface area contributed by atoms with Crippen LogP contribution in [0.4, 0.5) is 0 Å². The van der Waals surface area contributed by atoms with Crippen molar-refractivity contribution >= 4 is 5.91 Å². The fourth-order valence-electron chi connectivity index (χ4n) is 2.58.